The van der Waals surface area contributed by atoms with Crippen LogP contribution in [0, 0.1) is 6.92 Å². The molecule has 1 fully saturated rings. The molecule has 4 aromatic rings. The predicted octanol–water partition coefficient (Wildman–Crippen LogP) is 5.33. The van der Waals surface area contributed by atoms with Gasteiger partial charge in [-0.15, -0.1) is 11.8 Å². The number of aryl methyl sites for hydroxylation is 1. The summed E-state index contributed by atoms with van der Waals surface area (Å²) in [6.07, 6.45) is 1.90. The third-order valence-corrected chi connectivity index (χ3v) is 9.23. The van der Waals surface area contributed by atoms with Crippen LogP contribution >= 0.6 is 11.8 Å². The standard InChI is InChI=1S/C34H36N4O5S/c1-22-11-14-25(15-12-22)38-34-31(32(36-38)23-8-5-4-6-9-23)33(24-13-16-27(41-2)28(18-24)42-3)44-21-30(40)37(34)20-29(39)35-19-26-10-7-17-43-26/h4-6,8-9,11-16,18,26,33H,7,10,17,19-21H2,1-3H3,(H,35,39)/t26-,33-/m0/s1. The van der Waals surface area contributed by atoms with Gasteiger partial charge in [-0.05, 0) is 49.6 Å². The molecular weight excluding hydrogens is 576 g/mol. The van der Waals surface area contributed by atoms with Crippen molar-refractivity contribution in [3.8, 4) is 28.4 Å². The van der Waals surface area contributed by atoms with Crippen LogP contribution in [-0.4, -0.2) is 67.4 Å². The van der Waals surface area contributed by atoms with Crippen molar-refractivity contribution in [1.82, 2.24) is 15.1 Å². The van der Waals surface area contributed by atoms with Crippen LogP contribution in [0.3, 0.4) is 0 Å². The number of nitrogens with one attached hydrogen (secondary N) is 1. The number of benzene rings is 3. The Kier molecular flexibility index (Phi) is 8.90. The SMILES string of the molecule is COc1ccc([C@@H]2SCC(=O)N(CC(=O)NC[C@@H]3CCCO3)c3c2c(-c2ccccc2)nn3-c2ccc(C)cc2)cc1OC. The molecule has 6 rings (SSSR count). The Balaban J connectivity index is 1.52. The van der Waals surface area contributed by atoms with Crippen molar-refractivity contribution in [3.05, 3.63) is 89.5 Å². The van der Waals surface area contributed by atoms with Crippen molar-refractivity contribution in [2.24, 2.45) is 0 Å². The lowest BCUT2D eigenvalue weighted by Crippen LogP contribution is -2.44. The number of carbonyl (C=O) groups excluding carboxylic acids is 2. The molecule has 0 unspecified atom stereocenters. The quantitative estimate of drug-likeness (QED) is 0.273. The Morgan fingerprint density at radius 1 is 1.05 bits per heavy atom. The lowest BCUT2D eigenvalue weighted by atomic mass is 9.99. The maximum atomic E-state index is 14.0. The van der Waals surface area contributed by atoms with E-state index in [4.69, 9.17) is 19.3 Å². The molecule has 1 saturated heterocycles. The molecule has 0 bridgehead atoms. The average Bonchev–Trinajstić information content (AvgIpc) is 3.69. The Bertz CT molecular complexity index is 1630. The zero-order valence-corrected chi connectivity index (χ0v) is 25.9. The number of amides is 2. The summed E-state index contributed by atoms with van der Waals surface area (Å²) in [5.74, 6) is 1.56. The van der Waals surface area contributed by atoms with Crippen molar-refractivity contribution in [2.75, 3.05) is 44.6 Å². The van der Waals surface area contributed by atoms with Gasteiger partial charge >= 0.3 is 0 Å². The van der Waals surface area contributed by atoms with E-state index >= 15 is 0 Å². The van der Waals surface area contributed by atoms with Gasteiger partial charge in [0.05, 0.1) is 42.7 Å². The lowest BCUT2D eigenvalue weighted by Gasteiger charge is -2.24. The number of fused-ring (bicyclic) bond motifs is 1. The lowest BCUT2D eigenvalue weighted by molar-refractivity contribution is -0.123. The molecule has 1 N–H and O–H groups in total. The molecule has 0 aliphatic carbocycles. The summed E-state index contributed by atoms with van der Waals surface area (Å²) in [5, 5.41) is 7.86. The van der Waals surface area contributed by atoms with E-state index in [0.717, 1.165) is 46.5 Å². The fourth-order valence-electron chi connectivity index (χ4n) is 5.71. The molecule has 228 valence electrons. The van der Waals surface area contributed by atoms with Gasteiger partial charge in [-0.1, -0.05) is 54.1 Å². The van der Waals surface area contributed by atoms with E-state index in [1.54, 1.807) is 19.1 Å². The number of ether oxygens (including phenoxy) is 3. The van der Waals surface area contributed by atoms with E-state index in [9.17, 15) is 9.59 Å². The fraction of sp³-hybridized carbons (Fsp3) is 0.324. The van der Waals surface area contributed by atoms with Gasteiger partial charge in [0.1, 0.15) is 12.4 Å². The first kappa shape index (κ1) is 29.8. The molecule has 0 spiro atoms. The van der Waals surface area contributed by atoms with Crippen molar-refractivity contribution in [3.63, 3.8) is 0 Å². The van der Waals surface area contributed by atoms with Crippen molar-refractivity contribution < 1.29 is 23.8 Å². The predicted molar refractivity (Wildman–Crippen MR) is 172 cm³/mol. The molecule has 2 atom stereocenters. The number of thioether (sulfide) groups is 1. The topological polar surface area (TPSA) is 94.9 Å². The first-order valence-electron chi connectivity index (χ1n) is 14.7. The minimum atomic E-state index is -0.289. The van der Waals surface area contributed by atoms with Crippen LogP contribution in [0.2, 0.25) is 0 Å². The second-order valence-electron chi connectivity index (χ2n) is 10.9. The zero-order chi connectivity index (χ0) is 30.6. The highest BCUT2D eigenvalue weighted by molar-refractivity contribution is 8.00. The molecule has 10 heteroatoms. The zero-order valence-electron chi connectivity index (χ0n) is 25.1. The molecule has 2 aliphatic rings. The van der Waals surface area contributed by atoms with Gasteiger partial charge in [0.25, 0.3) is 0 Å². The number of nitrogens with zero attached hydrogens (tertiary/aromatic N) is 3. The van der Waals surface area contributed by atoms with Crippen LogP contribution in [0.25, 0.3) is 16.9 Å². The van der Waals surface area contributed by atoms with Gasteiger partial charge < -0.3 is 19.5 Å². The second-order valence-corrected chi connectivity index (χ2v) is 12.0. The summed E-state index contributed by atoms with van der Waals surface area (Å²) < 4.78 is 18.7. The minimum absolute atomic E-state index is 0.00195. The van der Waals surface area contributed by atoms with E-state index in [1.165, 1.54) is 11.8 Å². The van der Waals surface area contributed by atoms with Crippen LogP contribution < -0.4 is 19.7 Å². The van der Waals surface area contributed by atoms with Gasteiger partial charge in [0.15, 0.2) is 11.5 Å². The smallest absolute Gasteiger partial charge is 0.240 e. The maximum Gasteiger partial charge on any atom is 0.240 e. The highest BCUT2D eigenvalue weighted by Crippen LogP contribution is 2.49. The molecule has 3 heterocycles. The van der Waals surface area contributed by atoms with Gasteiger partial charge in [-0.25, -0.2) is 4.68 Å². The number of aromatic nitrogens is 2. The number of anilines is 1. The molecule has 9 nitrogen and oxygen atoms in total. The first-order chi connectivity index (χ1) is 21.5. The number of methoxy groups -OCH3 is 2. The van der Waals surface area contributed by atoms with Crippen LogP contribution in [0.5, 0.6) is 11.5 Å². The Hall–Kier alpha value is -4.28. The molecule has 3 aromatic carbocycles. The summed E-state index contributed by atoms with van der Waals surface area (Å²) in [7, 11) is 3.22. The summed E-state index contributed by atoms with van der Waals surface area (Å²) >= 11 is 1.51. The molecule has 2 amide bonds. The Morgan fingerprint density at radius 2 is 1.82 bits per heavy atom. The van der Waals surface area contributed by atoms with Crippen molar-refractivity contribution in [2.45, 2.75) is 31.1 Å². The fourth-order valence-corrected chi connectivity index (χ4v) is 6.89. The summed E-state index contributed by atoms with van der Waals surface area (Å²) in [6.45, 7) is 3.02. The van der Waals surface area contributed by atoms with E-state index in [-0.39, 0.29) is 35.5 Å². The molecular formula is C34H36N4O5S. The molecule has 2 aliphatic heterocycles. The van der Waals surface area contributed by atoms with E-state index in [0.29, 0.717) is 30.5 Å². The van der Waals surface area contributed by atoms with Crippen LogP contribution in [0.1, 0.15) is 34.8 Å². The van der Waals surface area contributed by atoms with Gasteiger partial charge in [-0.2, -0.15) is 5.10 Å². The second kappa shape index (κ2) is 13.2. The highest BCUT2D eigenvalue weighted by Gasteiger charge is 2.38. The van der Waals surface area contributed by atoms with E-state index < -0.39 is 0 Å². The molecule has 1 aromatic heterocycles. The van der Waals surface area contributed by atoms with Crippen LogP contribution in [-0.2, 0) is 14.3 Å². The maximum absolute atomic E-state index is 14.0. The highest BCUT2D eigenvalue weighted by atomic mass is 32.2. The Morgan fingerprint density at radius 3 is 2.52 bits per heavy atom. The number of carbonyl (C=O) groups is 2. The minimum Gasteiger partial charge on any atom is -0.493 e. The number of hydrogen-bond donors (Lipinski definition) is 1. The van der Waals surface area contributed by atoms with Crippen LogP contribution in [0.15, 0.2) is 72.8 Å². The molecule has 44 heavy (non-hydrogen) atoms. The normalized spacial score (nSPS) is 18.1. The number of hydrogen-bond acceptors (Lipinski definition) is 7. The van der Waals surface area contributed by atoms with Crippen LogP contribution in [0.4, 0.5) is 5.82 Å². The van der Waals surface area contributed by atoms with E-state index in [1.807, 2.05) is 84.4 Å². The Labute approximate surface area is 261 Å². The largest absolute Gasteiger partial charge is 0.493 e. The molecule has 0 saturated carbocycles. The van der Waals surface area contributed by atoms with Crippen molar-refractivity contribution in [1.29, 1.82) is 0 Å². The summed E-state index contributed by atoms with van der Waals surface area (Å²) in [5.41, 5.74) is 5.35. The van der Waals surface area contributed by atoms with Gasteiger partial charge in [0, 0.05) is 24.3 Å². The third kappa shape index (κ3) is 6.05. The monoisotopic (exact) mass is 612 g/mol. The number of rotatable bonds is 9. The van der Waals surface area contributed by atoms with Gasteiger partial charge in [-0.3, -0.25) is 14.5 Å². The molecule has 0 radical (unpaired) electrons. The van der Waals surface area contributed by atoms with Gasteiger partial charge in [0.2, 0.25) is 11.8 Å². The van der Waals surface area contributed by atoms with Crippen molar-refractivity contribution >= 4 is 29.4 Å². The summed E-state index contributed by atoms with van der Waals surface area (Å²) in [4.78, 5) is 28.9. The van der Waals surface area contributed by atoms with E-state index in [2.05, 4.69) is 5.32 Å². The first-order valence-corrected chi connectivity index (χ1v) is 15.8. The third-order valence-electron chi connectivity index (χ3n) is 7.98. The summed E-state index contributed by atoms with van der Waals surface area (Å²) in [6, 6.07) is 23.8. The average molecular weight is 613 g/mol.